The van der Waals surface area contributed by atoms with Gasteiger partial charge in [-0.15, -0.1) is 0 Å². The van der Waals surface area contributed by atoms with Gasteiger partial charge in [0.1, 0.15) is 10.3 Å². The fraction of sp³-hybridized carbons (Fsp3) is 0.571. The van der Waals surface area contributed by atoms with Crippen molar-refractivity contribution in [2.75, 3.05) is 6.54 Å². The SMILES string of the molecule is O=C(NCCCC1CCCC1)c1cccc(Br)n1. The number of nitrogens with one attached hydrogen (secondary N) is 1. The molecule has 1 heterocycles. The molecule has 1 fully saturated rings. The van der Waals surface area contributed by atoms with E-state index in [1.807, 2.05) is 12.1 Å². The van der Waals surface area contributed by atoms with Crippen LogP contribution in [0, 0.1) is 5.92 Å². The van der Waals surface area contributed by atoms with Gasteiger partial charge in [-0.1, -0.05) is 31.7 Å². The molecule has 1 aliphatic carbocycles. The molecule has 0 aliphatic heterocycles. The summed E-state index contributed by atoms with van der Waals surface area (Å²) in [5.41, 5.74) is 0.477. The van der Waals surface area contributed by atoms with E-state index in [1.165, 1.54) is 32.1 Å². The van der Waals surface area contributed by atoms with Crippen LogP contribution < -0.4 is 5.32 Å². The van der Waals surface area contributed by atoms with Crippen LogP contribution in [0.1, 0.15) is 49.0 Å². The van der Waals surface area contributed by atoms with Gasteiger partial charge in [-0.05, 0) is 46.8 Å². The summed E-state index contributed by atoms with van der Waals surface area (Å²) < 4.78 is 0.695. The Labute approximate surface area is 117 Å². The number of aromatic nitrogens is 1. The molecule has 4 heteroatoms. The van der Waals surface area contributed by atoms with Crippen LogP contribution in [-0.2, 0) is 0 Å². The number of amides is 1. The van der Waals surface area contributed by atoms with Gasteiger partial charge in [0.2, 0.25) is 0 Å². The number of pyridine rings is 1. The maximum absolute atomic E-state index is 11.8. The van der Waals surface area contributed by atoms with Crippen molar-refractivity contribution in [1.29, 1.82) is 0 Å². The van der Waals surface area contributed by atoms with Gasteiger partial charge < -0.3 is 5.32 Å². The zero-order valence-electron chi connectivity index (χ0n) is 10.5. The van der Waals surface area contributed by atoms with E-state index in [0.717, 1.165) is 18.9 Å². The third kappa shape index (κ3) is 4.09. The van der Waals surface area contributed by atoms with Gasteiger partial charge >= 0.3 is 0 Å². The molecule has 2 rings (SSSR count). The maximum atomic E-state index is 11.8. The summed E-state index contributed by atoms with van der Waals surface area (Å²) in [4.78, 5) is 15.9. The summed E-state index contributed by atoms with van der Waals surface area (Å²) in [6.45, 7) is 0.753. The summed E-state index contributed by atoms with van der Waals surface area (Å²) >= 11 is 3.27. The normalized spacial score (nSPS) is 15.8. The lowest BCUT2D eigenvalue weighted by molar-refractivity contribution is 0.0947. The number of carbonyl (C=O) groups is 1. The molecule has 1 N–H and O–H groups in total. The number of halogens is 1. The monoisotopic (exact) mass is 310 g/mol. The van der Waals surface area contributed by atoms with Crippen LogP contribution in [0.15, 0.2) is 22.8 Å². The quantitative estimate of drug-likeness (QED) is 0.667. The van der Waals surface area contributed by atoms with Crippen LogP contribution in [0.4, 0.5) is 0 Å². The average Bonchev–Trinajstić information content (AvgIpc) is 2.87. The Morgan fingerprint density at radius 3 is 2.89 bits per heavy atom. The first-order valence-corrected chi connectivity index (χ1v) is 7.46. The van der Waals surface area contributed by atoms with Crippen molar-refractivity contribution in [2.45, 2.75) is 38.5 Å². The lowest BCUT2D eigenvalue weighted by Gasteiger charge is -2.09. The van der Waals surface area contributed by atoms with Crippen LogP contribution in [0.3, 0.4) is 0 Å². The molecule has 1 amide bonds. The highest BCUT2D eigenvalue weighted by atomic mass is 79.9. The molecule has 0 spiro atoms. The lowest BCUT2D eigenvalue weighted by Crippen LogP contribution is -2.25. The van der Waals surface area contributed by atoms with Crippen LogP contribution in [0.25, 0.3) is 0 Å². The van der Waals surface area contributed by atoms with Gasteiger partial charge in [0.15, 0.2) is 0 Å². The first-order chi connectivity index (χ1) is 8.75. The minimum absolute atomic E-state index is 0.0808. The lowest BCUT2D eigenvalue weighted by atomic mass is 10.0. The summed E-state index contributed by atoms with van der Waals surface area (Å²) in [6.07, 6.45) is 7.84. The predicted octanol–water partition coefficient (Wildman–Crippen LogP) is 3.54. The van der Waals surface area contributed by atoms with E-state index < -0.39 is 0 Å². The zero-order chi connectivity index (χ0) is 12.8. The second-order valence-electron chi connectivity index (χ2n) is 4.89. The Bertz CT molecular complexity index is 403. The van der Waals surface area contributed by atoms with E-state index in [0.29, 0.717) is 10.3 Å². The highest BCUT2D eigenvalue weighted by Crippen LogP contribution is 2.28. The molecule has 0 unspecified atom stereocenters. The molecule has 0 atom stereocenters. The number of hydrogen-bond donors (Lipinski definition) is 1. The van der Waals surface area contributed by atoms with E-state index in [-0.39, 0.29) is 5.91 Å². The van der Waals surface area contributed by atoms with Crippen molar-refractivity contribution >= 4 is 21.8 Å². The average molecular weight is 311 g/mol. The van der Waals surface area contributed by atoms with Gasteiger partial charge in [0, 0.05) is 6.54 Å². The summed E-state index contributed by atoms with van der Waals surface area (Å²) in [5.74, 6) is 0.814. The molecule has 1 aromatic rings. The minimum Gasteiger partial charge on any atom is -0.351 e. The van der Waals surface area contributed by atoms with Crippen molar-refractivity contribution in [3.8, 4) is 0 Å². The first kappa shape index (κ1) is 13.5. The van der Waals surface area contributed by atoms with Crippen LogP contribution >= 0.6 is 15.9 Å². The van der Waals surface area contributed by atoms with Crippen molar-refractivity contribution in [3.05, 3.63) is 28.5 Å². The second kappa shape index (κ2) is 6.88. The molecule has 0 aromatic carbocycles. The fourth-order valence-corrected chi connectivity index (χ4v) is 2.86. The van der Waals surface area contributed by atoms with Gasteiger partial charge in [-0.25, -0.2) is 4.98 Å². The van der Waals surface area contributed by atoms with E-state index in [9.17, 15) is 4.79 Å². The summed E-state index contributed by atoms with van der Waals surface area (Å²) in [5, 5.41) is 2.93. The summed E-state index contributed by atoms with van der Waals surface area (Å²) in [7, 11) is 0. The molecule has 98 valence electrons. The molecule has 3 nitrogen and oxygen atoms in total. The van der Waals surface area contributed by atoms with Crippen LogP contribution in [0.2, 0.25) is 0 Å². The Kier molecular flexibility index (Phi) is 5.17. The molecule has 0 radical (unpaired) electrons. The van der Waals surface area contributed by atoms with Gasteiger partial charge in [-0.3, -0.25) is 4.79 Å². The van der Waals surface area contributed by atoms with E-state index in [2.05, 4.69) is 26.2 Å². The molecule has 0 saturated heterocycles. The topological polar surface area (TPSA) is 42.0 Å². The Balaban J connectivity index is 1.68. The third-order valence-corrected chi connectivity index (χ3v) is 3.94. The number of rotatable bonds is 5. The maximum Gasteiger partial charge on any atom is 0.269 e. The molecular weight excluding hydrogens is 292 g/mol. The molecular formula is C14H19BrN2O. The first-order valence-electron chi connectivity index (χ1n) is 6.66. The molecule has 1 aromatic heterocycles. The number of nitrogens with zero attached hydrogens (tertiary/aromatic N) is 1. The Morgan fingerprint density at radius 2 is 2.17 bits per heavy atom. The van der Waals surface area contributed by atoms with Crippen LogP contribution in [0.5, 0.6) is 0 Å². The molecule has 1 saturated carbocycles. The highest BCUT2D eigenvalue weighted by Gasteiger charge is 2.14. The predicted molar refractivity (Wildman–Crippen MR) is 75.5 cm³/mol. The Morgan fingerprint density at radius 1 is 1.39 bits per heavy atom. The Hall–Kier alpha value is -0.900. The van der Waals surface area contributed by atoms with Crippen molar-refractivity contribution in [1.82, 2.24) is 10.3 Å². The zero-order valence-corrected chi connectivity index (χ0v) is 12.1. The van der Waals surface area contributed by atoms with E-state index >= 15 is 0 Å². The van der Waals surface area contributed by atoms with Crippen LogP contribution in [-0.4, -0.2) is 17.4 Å². The number of carbonyl (C=O) groups excluding carboxylic acids is 1. The second-order valence-corrected chi connectivity index (χ2v) is 5.71. The molecule has 0 bridgehead atoms. The number of hydrogen-bond acceptors (Lipinski definition) is 2. The van der Waals surface area contributed by atoms with Crippen molar-refractivity contribution < 1.29 is 4.79 Å². The fourth-order valence-electron chi connectivity index (χ4n) is 2.52. The molecule has 18 heavy (non-hydrogen) atoms. The van der Waals surface area contributed by atoms with E-state index in [4.69, 9.17) is 0 Å². The summed E-state index contributed by atoms with van der Waals surface area (Å²) in [6, 6.07) is 5.37. The smallest absolute Gasteiger partial charge is 0.269 e. The standard InChI is InChI=1S/C14H19BrN2O/c15-13-9-3-8-12(17-13)14(18)16-10-4-7-11-5-1-2-6-11/h3,8-9,11H,1-2,4-7,10H2,(H,16,18). The molecule has 1 aliphatic rings. The minimum atomic E-state index is -0.0808. The van der Waals surface area contributed by atoms with Gasteiger partial charge in [0.05, 0.1) is 0 Å². The van der Waals surface area contributed by atoms with Crippen molar-refractivity contribution in [3.63, 3.8) is 0 Å². The van der Waals surface area contributed by atoms with E-state index in [1.54, 1.807) is 6.07 Å². The van der Waals surface area contributed by atoms with Gasteiger partial charge in [0.25, 0.3) is 5.91 Å². The third-order valence-electron chi connectivity index (χ3n) is 3.50. The van der Waals surface area contributed by atoms with Gasteiger partial charge in [-0.2, -0.15) is 0 Å². The van der Waals surface area contributed by atoms with Crippen molar-refractivity contribution in [2.24, 2.45) is 5.92 Å². The largest absolute Gasteiger partial charge is 0.351 e. The highest BCUT2D eigenvalue weighted by molar-refractivity contribution is 9.10.